The zero-order valence-electron chi connectivity index (χ0n) is 7.81. The average molecular weight is 206 g/mol. The fourth-order valence-electron chi connectivity index (χ4n) is 1.42. The molecule has 0 N–H and O–H groups in total. The molecule has 0 aliphatic carbocycles. The SMILES string of the molecule is C[Si](C)(C)C1CCCCO1.[Ti]. The summed E-state index contributed by atoms with van der Waals surface area (Å²) in [7, 11) is -0.979. The molecule has 64 valence electrons. The van der Waals surface area contributed by atoms with Crippen molar-refractivity contribution < 1.29 is 26.5 Å². The second-order valence-corrected chi connectivity index (χ2v) is 9.60. The summed E-state index contributed by atoms with van der Waals surface area (Å²) in [6.45, 7) is 8.18. The number of hydrogen-bond donors (Lipinski definition) is 0. The second kappa shape index (κ2) is 4.81. The summed E-state index contributed by atoms with van der Waals surface area (Å²) < 4.78 is 5.70. The van der Waals surface area contributed by atoms with Crippen LogP contribution in [0.3, 0.4) is 0 Å². The van der Waals surface area contributed by atoms with E-state index in [-0.39, 0.29) is 21.7 Å². The van der Waals surface area contributed by atoms with Gasteiger partial charge in [-0.1, -0.05) is 19.6 Å². The Bertz CT molecular complexity index is 105. The van der Waals surface area contributed by atoms with E-state index < -0.39 is 8.07 Å². The molecule has 0 bridgehead atoms. The molecule has 0 spiro atoms. The van der Waals surface area contributed by atoms with E-state index in [9.17, 15) is 0 Å². The van der Waals surface area contributed by atoms with Crippen LogP contribution in [0.2, 0.25) is 19.6 Å². The maximum absolute atomic E-state index is 5.70. The van der Waals surface area contributed by atoms with Crippen LogP contribution in [0.5, 0.6) is 0 Å². The van der Waals surface area contributed by atoms with Gasteiger partial charge in [0.1, 0.15) is 0 Å². The van der Waals surface area contributed by atoms with Crippen LogP contribution >= 0.6 is 0 Å². The summed E-state index contributed by atoms with van der Waals surface area (Å²) in [5.74, 6) is 0. The van der Waals surface area contributed by atoms with Gasteiger partial charge in [0.25, 0.3) is 0 Å². The van der Waals surface area contributed by atoms with Crippen molar-refractivity contribution in [3.8, 4) is 0 Å². The molecule has 1 nitrogen and oxygen atoms in total. The van der Waals surface area contributed by atoms with E-state index in [1.807, 2.05) is 0 Å². The molecule has 0 aromatic rings. The van der Waals surface area contributed by atoms with Crippen molar-refractivity contribution in [2.75, 3.05) is 6.61 Å². The number of hydrogen-bond acceptors (Lipinski definition) is 1. The van der Waals surface area contributed by atoms with Crippen LogP contribution in [0.15, 0.2) is 0 Å². The third-order valence-corrected chi connectivity index (χ3v) is 4.53. The van der Waals surface area contributed by atoms with Crippen molar-refractivity contribution in [3.05, 3.63) is 0 Å². The van der Waals surface area contributed by atoms with Crippen LogP contribution in [-0.2, 0) is 26.5 Å². The predicted molar refractivity (Wildman–Crippen MR) is 46.9 cm³/mol. The molecule has 0 radical (unpaired) electrons. The van der Waals surface area contributed by atoms with Gasteiger partial charge in [0, 0.05) is 34.1 Å². The first kappa shape index (κ1) is 11.9. The zero-order chi connectivity index (χ0) is 7.61. The third kappa shape index (κ3) is 3.88. The van der Waals surface area contributed by atoms with Gasteiger partial charge in [-0.05, 0) is 19.3 Å². The van der Waals surface area contributed by atoms with Crippen molar-refractivity contribution >= 4 is 8.07 Å². The van der Waals surface area contributed by atoms with Gasteiger partial charge >= 0.3 is 0 Å². The van der Waals surface area contributed by atoms with Crippen molar-refractivity contribution in [1.82, 2.24) is 0 Å². The van der Waals surface area contributed by atoms with Crippen LogP contribution in [0.1, 0.15) is 19.3 Å². The molecular formula is C8H18OSiTi. The van der Waals surface area contributed by atoms with Gasteiger partial charge in [-0.25, -0.2) is 0 Å². The smallest absolute Gasteiger partial charge is 0.0785 e. The fraction of sp³-hybridized carbons (Fsp3) is 1.00. The minimum atomic E-state index is -0.979. The van der Waals surface area contributed by atoms with E-state index in [2.05, 4.69) is 19.6 Å². The van der Waals surface area contributed by atoms with E-state index in [4.69, 9.17) is 4.74 Å². The normalized spacial score (nSPS) is 25.9. The van der Waals surface area contributed by atoms with E-state index in [1.54, 1.807) is 0 Å². The van der Waals surface area contributed by atoms with Crippen LogP contribution < -0.4 is 0 Å². The van der Waals surface area contributed by atoms with Crippen LogP contribution in [0.4, 0.5) is 0 Å². The summed E-state index contributed by atoms with van der Waals surface area (Å²) in [4.78, 5) is 0. The molecule has 1 aliphatic heterocycles. The molecule has 1 atom stereocenters. The van der Waals surface area contributed by atoms with Crippen molar-refractivity contribution in [3.63, 3.8) is 0 Å². The Kier molecular flexibility index (Phi) is 5.19. The molecule has 0 aromatic carbocycles. The van der Waals surface area contributed by atoms with Gasteiger partial charge in [0.15, 0.2) is 0 Å². The van der Waals surface area contributed by atoms with Crippen LogP contribution in [0, 0.1) is 0 Å². The summed E-state index contributed by atoms with van der Waals surface area (Å²) in [6.07, 6.45) is 3.98. The molecule has 3 heteroatoms. The van der Waals surface area contributed by atoms with Gasteiger partial charge < -0.3 is 4.74 Å². The average Bonchev–Trinajstić information content (AvgIpc) is 1.88. The van der Waals surface area contributed by atoms with Gasteiger partial charge in [0.05, 0.1) is 8.07 Å². The van der Waals surface area contributed by atoms with E-state index in [0.717, 1.165) is 6.61 Å². The van der Waals surface area contributed by atoms with Gasteiger partial charge in [-0.2, -0.15) is 0 Å². The molecule has 1 rings (SSSR count). The molecule has 1 unspecified atom stereocenters. The first-order valence-corrected chi connectivity index (χ1v) is 7.80. The third-order valence-electron chi connectivity index (χ3n) is 2.15. The van der Waals surface area contributed by atoms with E-state index >= 15 is 0 Å². The van der Waals surface area contributed by atoms with Gasteiger partial charge in [-0.3, -0.25) is 0 Å². The molecule has 1 saturated heterocycles. The van der Waals surface area contributed by atoms with Crippen molar-refractivity contribution in [2.24, 2.45) is 0 Å². The molecular weight excluding hydrogens is 188 g/mol. The van der Waals surface area contributed by atoms with E-state index in [0.29, 0.717) is 5.73 Å². The summed E-state index contributed by atoms with van der Waals surface area (Å²) in [5.41, 5.74) is 0.640. The molecule has 0 amide bonds. The molecule has 0 saturated carbocycles. The number of ether oxygens (including phenoxy) is 1. The Morgan fingerprint density at radius 1 is 1.18 bits per heavy atom. The zero-order valence-corrected chi connectivity index (χ0v) is 10.4. The van der Waals surface area contributed by atoms with E-state index in [1.165, 1.54) is 19.3 Å². The molecule has 0 aromatic heterocycles. The standard InChI is InChI=1S/C8H18OSi.Ti/c1-10(2,3)8-6-4-5-7-9-8;/h8H,4-7H2,1-3H3;. The van der Waals surface area contributed by atoms with Crippen molar-refractivity contribution in [1.29, 1.82) is 0 Å². The van der Waals surface area contributed by atoms with Crippen molar-refractivity contribution in [2.45, 2.75) is 44.6 Å². The van der Waals surface area contributed by atoms with Gasteiger partial charge in [-0.15, -0.1) is 0 Å². The number of rotatable bonds is 1. The Hall–Kier alpha value is 0.891. The monoisotopic (exact) mass is 206 g/mol. The first-order valence-electron chi connectivity index (χ1n) is 4.22. The maximum Gasteiger partial charge on any atom is 0.0785 e. The molecule has 1 heterocycles. The van der Waals surface area contributed by atoms with Crippen LogP contribution in [0.25, 0.3) is 0 Å². The molecule has 1 fully saturated rings. The summed E-state index contributed by atoms with van der Waals surface area (Å²) >= 11 is 0. The Balaban J connectivity index is 0.000001000. The molecule has 1 aliphatic rings. The van der Waals surface area contributed by atoms with Crippen LogP contribution in [-0.4, -0.2) is 20.4 Å². The predicted octanol–water partition coefficient (Wildman–Crippen LogP) is 2.43. The quantitative estimate of drug-likeness (QED) is 0.599. The van der Waals surface area contributed by atoms with Gasteiger partial charge in [0.2, 0.25) is 0 Å². The Morgan fingerprint density at radius 2 is 1.82 bits per heavy atom. The Labute approximate surface area is 85.8 Å². The first-order chi connectivity index (χ1) is 4.61. The maximum atomic E-state index is 5.70. The minimum absolute atomic E-state index is 0. The minimum Gasteiger partial charge on any atom is -0.382 e. The Morgan fingerprint density at radius 3 is 2.09 bits per heavy atom. The molecule has 11 heavy (non-hydrogen) atoms. The fourth-order valence-corrected chi connectivity index (χ4v) is 3.11. The largest absolute Gasteiger partial charge is 0.382 e. The topological polar surface area (TPSA) is 9.23 Å². The summed E-state index contributed by atoms with van der Waals surface area (Å²) in [5, 5.41) is 0. The second-order valence-electron chi connectivity index (χ2n) is 4.22. The summed E-state index contributed by atoms with van der Waals surface area (Å²) in [6, 6.07) is 0.